The summed E-state index contributed by atoms with van der Waals surface area (Å²) in [6, 6.07) is 17.1. The molecule has 1 unspecified atom stereocenters. The van der Waals surface area contributed by atoms with Gasteiger partial charge in [0.05, 0.1) is 19.3 Å². The minimum Gasteiger partial charge on any atom is -0.378 e. The van der Waals surface area contributed by atoms with Crippen molar-refractivity contribution in [2.75, 3.05) is 38.3 Å². The van der Waals surface area contributed by atoms with Crippen LogP contribution in [0.2, 0.25) is 0 Å². The Labute approximate surface area is 156 Å². The number of fused-ring (bicyclic) bond motifs is 1. The van der Waals surface area contributed by atoms with Gasteiger partial charge in [-0.1, -0.05) is 36.4 Å². The molecule has 2 aromatic carbocycles. The molecule has 3 rings (SSSR count). The molecule has 0 fully saturated rings. The number of nitrogens with zero attached hydrogens (tertiary/aromatic N) is 1. The fraction of sp³-hybridized carbons (Fsp3) is 0.400. The molecule has 2 atom stereocenters. The van der Waals surface area contributed by atoms with Gasteiger partial charge in [0.25, 0.3) is 0 Å². The molecule has 0 aromatic heterocycles. The quantitative estimate of drug-likeness (QED) is 0.793. The first-order valence-corrected chi connectivity index (χ1v) is 10.9. The van der Waals surface area contributed by atoms with Gasteiger partial charge in [-0.25, -0.2) is 13.1 Å². The van der Waals surface area contributed by atoms with E-state index in [1.165, 1.54) is 27.8 Å². The molecular formula is C20H28N3O2S+. The summed E-state index contributed by atoms with van der Waals surface area (Å²) in [5.41, 5.74) is 5.08. The van der Waals surface area contributed by atoms with Crippen LogP contribution in [0, 0.1) is 0 Å². The normalized spacial score (nSPS) is 18.2. The fourth-order valence-electron chi connectivity index (χ4n) is 3.64. The minimum absolute atomic E-state index is 0.0919. The highest BCUT2D eigenvalue weighted by Gasteiger charge is 2.29. The highest BCUT2D eigenvalue weighted by molar-refractivity contribution is 7.88. The van der Waals surface area contributed by atoms with Gasteiger partial charge >= 0.3 is 0 Å². The maximum atomic E-state index is 11.7. The van der Waals surface area contributed by atoms with Crippen molar-refractivity contribution < 1.29 is 13.3 Å². The largest absolute Gasteiger partial charge is 0.378 e. The van der Waals surface area contributed by atoms with Crippen molar-refractivity contribution in [1.82, 2.24) is 4.72 Å². The highest BCUT2D eigenvalue weighted by atomic mass is 32.2. The average Bonchev–Trinajstić information content (AvgIpc) is 2.61. The number of nitrogens with one attached hydrogen (secondary N) is 2. The number of hydrogen-bond acceptors (Lipinski definition) is 3. The van der Waals surface area contributed by atoms with E-state index in [1.807, 2.05) is 14.1 Å². The van der Waals surface area contributed by atoms with Gasteiger partial charge in [-0.2, -0.15) is 0 Å². The third-order valence-electron chi connectivity index (χ3n) is 5.11. The van der Waals surface area contributed by atoms with Gasteiger partial charge in [0.2, 0.25) is 10.0 Å². The first-order valence-electron chi connectivity index (χ1n) is 8.97. The van der Waals surface area contributed by atoms with Crippen molar-refractivity contribution >= 4 is 15.7 Å². The number of hydrogen-bond donors (Lipinski definition) is 2. The van der Waals surface area contributed by atoms with E-state index >= 15 is 0 Å². The van der Waals surface area contributed by atoms with Gasteiger partial charge in [0, 0.05) is 37.3 Å². The second-order valence-electron chi connectivity index (χ2n) is 7.26. The summed E-state index contributed by atoms with van der Waals surface area (Å²) in [7, 11) is 0.817. The summed E-state index contributed by atoms with van der Waals surface area (Å²) < 4.78 is 26.0. The number of sulfonamides is 1. The summed E-state index contributed by atoms with van der Waals surface area (Å²) in [6.45, 7) is 2.34. The zero-order chi connectivity index (χ0) is 18.7. The van der Waals surface area contributed by atoms with E-state index in [0.29, 0.717) is 6.54 Å². The molecule has 6 heteroatoms. The number of rotatable bonds is 6. The van der Waals surface area contributed by atoms with Crippen LogP contribution in [0.4, 0.5) is 5.69 Å². The summed E-state index contributed by atoms with van der Waals surface area (Å²) >= 11 is 0. The first-order chi connectivity index (χ1) is 12.3. The Morgan fingerprint density at radius 1 is 1.08 bits per heavy atom. The van der Waals surface area contributed by atoms with Gasteiger partial charge in [-0.15, -0.1) is 0 Å². The number of quaternary nitrogens is 1. The lowest BCUT2D eigenvalue weighted by molar-refractivity contribution is -0.945. The predicted octanol–water partition coefficient (Wildman–Crippen LogP) is 0.984. The van der Waals surface area contributed by atoms with Crippen molar-refractivity contribution in [2.24, 2.45) is 0 Å². The molecule has 26 heavy (non-hydrogen) atoms. The molecule has 1 heterocycles. The molecule has 1 aliphatic rings. The molecular weight excluding hydrogens is 346 g/mol. The van der Waals surface area contributed by atoms with Crippen LogP contribution in [0.5, 0.6) is 0 Å². The fourth-order valence-corrected chi connectivity index (χ4v) is 4.11. The molecule has 0 aliphatic carbocycles. The van der Waals surface area contributed by atoms with Gasteiger partial charge in [-0.05, 0) is 17.7 Å². The van der Waals surface area contributed by atoms with Crippen LogP contribution < -0.4 is 14.5 Å². The molecule has 5 nitrogen and oxygen atoms in total. The molecule has 2 N–H and O–H groups in total. The van der Waals surface area contributed by atoms with E-state index in [2.05, 4.69) is 58.2 Å². The predicted molar refractivity (Wildman–Crippen MR) is 106 cm³/mol. The molecule has 1 aliphatic heterocycles. The van der Waals surface area contributed by atoms with Crippen molar-refractivity contribution in [3.63, 3.8) is 0 Å². The van der Waals surface area contributed by atoms with E-state index in [9.17, 15) is 8.42 Å². The smallest absolute Gasteiger partial charge is 0.208 e. The van der Waals surface area contributed by atoms with Gasteiger partial charge in [0.1, 0.15) is 12.6 Å². The van der Waals surface area contributed by atoms with E-state index in [0.717, 1.165) is 25.2 Å². The second-order valence-corrected chi connectivity index (χ2v) is 9.10. The van der Waals surface area contributed by atoms with Crippen LogP contribution >= 0.6 is 0 Å². The lowest BCUT2D eigenvalue weighted by Crippen LogP contribution is -3.12. The van der Waals surface area contributed by atoms with Crippen LogP contribution in [-0.2, 0) is 23.0 Å². The molecule has 0 amide bonds. The van der Waals surface area contributed by atoms with E-state index in [4.69, 9.17) is 0 Å². The molecule has 0 radical (unpaired) electrons. The summed E-state index contributed by atoms with van der Waals surface area (Å²) in [6.07, 6.45) is 2.25. The number of benzene rings is 2. The summed E-state index contributed by atoms with van der Waals surface area (Å²) in [5.74, 6) is 0. The minimum atomic E-state index is -3.22. The number of anilines is 1. The monoisotopic (exact) mass is 374 g/mol. The molecule has 0 saturated heterocycles. The Morgan fingerprint density at radius 2 is 1.73 bits per heavy atom. The van der Waals surface area contributed by atoms with Gasteiger partial charge in [0.15, 0.2) is 0 Å². The Morgan fingerprint density at radius 3 is 2.35 bits per heavy atom. The standard InChI is InChI=1S/C20H27N3O2S/c1-22(2)19-10-8-17(9-11-19)20(14-21-26(3,24)25)23-13-12-16-6-4-5-7-18(16)15-23/h4-11,20-21H,12-15H2,1-3H3/p+1/t20-/m1/s1. The van der Waals surface area contributed by atoms with Gasteiger partial charge in [-0.3, -0.25) is 0 Å². The van der Waals surface area contributed by atoms with Crippen LogP contribution in [0.3, 0.4) is 0 Å². The lowest BCUT2D eigenvalue weighted by Gasteiger charge is -2.33. The molecule has 0 spiro atoms. The van der Waals surface area contributed by atoms with E-state index in [1.54, 1.807) is 0 Å². The zero-order valence-electron chi connectivity index (χ0n) is 15.7. The Balaban J connectivity index is 1.86. The lowest BCUT2D eigenvalue weighted by atomic mass is 9.96. The van der Waals surface area contributed by atoms with Crippen LogP contribution in [-0.4, -0.2) is 41.9 Å². The van der Waals surface area contributed by atoms with Crippen LogP contribution in [0.15, 0.2) is 48.5 Å². The SMILES string of the molecule is CN(C)c1ccc([C@@H](CNS(C)(=O)=O)[NH+]2CCc3ccccc3C2)cc1. The maximum absolute atomic E-state index is 11.7. The van der Waals surface area contributed by atoms with Crippen molar-refractivity contribution in [3.05, 3.63) is 65.2 Å². The highest BCUT2D eigenvalue weighted by Crippen LogP contribution is 2.18. The zero-order valence-corrected chi connectivity index (χ0v) is 16.5. The molecule has 2 aromatic rings. The maximum Gasteiger partial charge on any atom is 0.208 e. The van der Waals surface area contributed by atoms with Gasteiger partial charge < -0.3 is 9.80 Å². The first kappa shape index (κ1) is 18.9. The Kier molecular flexibility index (Phi) is 5.65. The molecule has 0 saturated carbocycles. The summed E-state index contributed by atoms with van der Waals surface area (Å²) in [4.78, 5) is 3.47. The summed E-state index contributed by atoms with van der Waals surface area (Å²) in [5, 5.41) is 0. The van der Waals surface area contributed by atoms with Crippen LogP contribution in [0.1, 0.15) is 22.7 Å². The molecule has 0 bridgehead atoms. The molecule has 140 valence electrons. The second kappa shape index (κ2) is 7.78. The average molecular weight is 375 g/mol. The van der Waals surface area contributed by atoms with Crippen molar-refractivity contribution in [3.8, 4) is 0 Å². The van der Waals surface area contributed by atoms with E-state index < -0.39 is 10.0 Å². The van der Waals surface area contributed by atoms with E-state index in [-0.39, 0.29) is 6.04 Å². The van der Waals surface area contributed by atoms with Crippen LogP contribution in [0.25, 0.3) is 0 Å². The Hall–Kier alpha value is -1.89. The van der Waals surface area contributed by atoms with Crippen molar-refractivity contribution in [2.45, 2.75) is 19.0 Å². The Bertz CT molecular complexity index is 848. The topological polar surface area (TPSA) is 53.9 Å². The van der Waals surface area contributed by atoms with Crippen molar-refractivity contribution in [1.29, 1.82) is 0 Å². The third kappa shape index (κ3) is 4.63. The third-order valence-corrected chi connectivity index (χ3v) is 5.80.